The first-order valence-corrected chi connectivity index (χ1v) is 11.4. The van der Waals surface area contributed by atoms with Crippen LogP contribution in [0.2, 0.25) is 5.02 Å². The van der Waals surface area contributed by atoms with Crippen molar-refractivity contribution in [1.29, 1.82) is 0 Å². The van der Waals surface area contributed by atoms with Gasteiger partial charge in [0.1, 0.15) is 5.82 Å². The van der Waals surface area contributed by atoms with Crippen molar-refractivity contribution in [1.82, 2.24) is 15.2 Å². The largest absolute Gasteiger partial charge is 0.367 e. The van der Waals surface area contributed by atoms with E-state index in [1.807, 2.05) is 23.1 Å². The Morgan fingerprint density at radius 2 is 1.71 bits per heavy atom. The standard InChI is InChI=1S/C25H25ClFN5O2/c26-19-7-9-20(10-8-19)30-25(34)24(33)29-17-23(18-4-3-11-28-16-18)32-14-12-31(13-15-32)22-6-2-1-5-21(22)27/h1-11,16,23H,12-15,17H2,(H,29,33)(H,30,34)/t23-/m0/s1. The Morgan fingerprint density at radius 3 is 2.38 bits per heavy atom. The van der Waals surface area contributed by atoms with E-state index >= 15 is 0 Å². The molecular formula is C25H25ClFN5O2. The van der Waals surface area contributed by atoms with Crippen molar-refractivity contribution in [3.63, 3.8) is 0 Å². The Balaban J connectivity index is 1.39. The van der Waals surface area contributed by atoms with E-state index in [1.165, 1.54) is 6.07 Å². The summed E-state index contributed by atoms with van der Waals surface area (Å²) >= 11 is 5.86. The summed E-state index contributed by atoms with van der Waals surface area (Å²) in [5.74, 6) is -1.72. The molecule has 2 heterocycles. The van der Waals surface area contributed by atoms with Crippen LogP contribution in [-0.2, 0) is 9.59 Å². The lowest BCUT2D eigenvalue weighted by Gasteiger charge is -2.40. The van der Waals surface area contributed by atoms with E-state index in [-0.39, 0.29) is 18.4 Å². The normalized spacial score (nSPS) is 14.9. The first-order valence-electron chi connectivity index (χ1n) is 11.0. The third-order valence-electron chi connectivity index (χ3n) is 5.78. The van der Waals surface area contributed by atoms with Crippen LogP contribution in [0.4, 0.5) is 15.8 Å². The monoisotopic (exact) mass is 481 g/mol. The molecule has 0 radical (unpaired) electrons. The summed E-state index contributed by atoms with van der Waals surface area (Å²) in [5, 5.41) is 5.84. The molecule has 0 bridgehead atoms. The van der Waals surface area contributed by atoms with Crippen LogP contribution in [0.1, 0.15) is 11.6 Å². The van der Waals surface area contributed by atoms with Gasteiger partial charge in [-0.2, -0.15) is 0 Å². The third-order valence-corrected chi connectivity index (χ3v) is 6.03. The van der Waals surface area contributed by atoms with Gasteiger partial charge in [0.15, 0.2) is 0 Å². The molecule has 9 heteroatoms. The Bertz CT molecular complexity index is 1120. The van der Waals surface area contributed by atoms with Gasteiger partial charge in [-0.3, -0.25) is 19.5 Å². The predicted octanol–water partition coefficient (Wildman–Crippen LogP) is 3.49. The van der Waals surface area contributed by atoms with Crippen LogP contribution in [0, 0.1) is 5.82 Å². The molecule has 1 atom stereocenters. The highest BCUT2D eigenvalue weighted by molar-refractivity contribution is 6.39. The summed E-state index contributed by atoms with van der Waals surface area (Å²) in [4.78, 5) is 33.2. The molecule has 1 fully saturated rings. The summed E-state index contributed by atoms with van der Waals surface area (Å²) in [5.41, 5.74) is 2.00. The van der Waals surface area contributed by atoms with Crippen molar-refractivity contribution in [2.75, 3.05) is 42.9 Å². The molecule has 176 valence electrons. The zero-order chi connectivity index (χ0) is 23.9. The number of aromatic nitrogens is 1. The maximum atomic E-state index is 14.2. The van der Waals surface area contributed by atoms with E-state index in [2.05, 4.69) is 20.5 Å². The topological polar surface area (TPSA) is 77.6 Å². The van der Waals surface area contributed by atoms with Gasteiger partial charge in [0.2, 0.25) is 0 Å². The number of amides is 2. The number of para-hydroxylation sites is 1. The van der Waals surface area contributed by atoms with Crippen LogP contribution >= 0.6 is 11.6 Å². The molecule has 1 aromatic heterocycles. The van der Waals surface area contributed by atoms with Gasteiger partial charge in [0.25, 0.3) is 0 Å². The highest BCUT2D eigenvalue weighted by Crippen LogP contribution is 2.25. The predicted molar refractivity (Wildman–Crippen MR) is 130 cm³/mol. The number of carbonyl (C=O) groups excluding carboxylic acids is 2. The number of benzene rings is 2. The summed E-state index contributed by atoms with van der Waals surface area (Å²) in [6.45, 7) is 2.85. The quantitative estimate of drug-likeness (QED) is 0.527. The van der Waals surface area contributed by atoms with E-state index < -0.39 is 11.8 Å². The lowest BCUT2D eigenvalue weighted by molar-refractivity contribution is -0.136. The fraction of sp³-hybridized carbons (Fsp3) is 0.240. The number of hydrogen-bond acceptors (Lipinski definition) is 5. The number of nitrogens with zero attached hydrogens (tertiary/aromatic N) is 3. The molecular weight excluding hydrogens is 457 g/mol. The zero-order valence-corrected chi connectivity index (χ0v) is 19.2. The molecule has 0 spiro atoms. The van der Waals surface area contributed by atoms with Crippen LogP contribution in [0.5, 0.6) is 0 Å². The van der Waals surface area contributed by atoms with Crippen LogP contribution in [0.25, 0.3) is 0 Å². The molecule has 1 aliphatic rings. The molecule has 0 aliphatic carbocycles. The summed E-state index contributed by atoms with van der Waals surface area (Å²) in [7, 11) is 0. The van der Waals surface area contributed by atoms with Crippen LogP contribution < -0.4 is 15.5 Å². The average molecular weight is 482 g/mol. The lowest BCUT2D eigenvalue weighted by atomic mass is 10.1. The number of nitrogens with one attached hydrogen (secondary N) is 2. The van der Waals surface area contributed by atoms with E-state index in [0.717, 1.165) is 5.56 Å². The highest BCUT2D eigenvalue weighted by Gasteiger charge is 2.27. The van der Waals surface area contributed by atoms with Gasteiger partial charge in [-0.05, 0) is 48.0 Å². The van der Waals surface area contributed by atoms with Crippen molar-refractivity contribution in [3.05, 3.63) is 89.5 Å². The van der Waals surface area contributed by atoms with Crippen molar-refractivity contribution >= 4 is 34.8 Å². The number of pyridine rings is 1. The molecule has 0 unspecified atom stereocenters. The van der Waals surface area contributed by atoms with E-state index in [1.54, 1.807) is 48.8 Å². The first-order chi connectivity index (χ1) is 16.5. The molecule has 4 rings (SSSR count). The number of halogens is 2. The molecule has 0 saturated carbocycles. The van der Waals surface area contributed by atoms with Crippen molar-refractivity contribution in [2.24, 2.45) is 0 Å². The van der Waals surface area contributed by atoms with E-state index in [0.29, 0.717) is 42.6 Å². The smallest absolute Gasteiger partial charge is 0.313 e. The number of rotatable bonds is 6. The molecule has 2 amide bonds. The second-order valence-electron chi connectivity index (χ2n) is 7.95. The second kappa shape index (κ2) is 11.1. The van der Waals surface area contributed by atoms with Crippen molar-refractivity contribution in [3.8, 4) is 0 Å². The molecule has 34 heavy (non-hydrogen) atoms. The number of piperazine rings is 1. The van der Waals surface area contributed by atoms with Crippen LogP contribution in [-0.4, -0.2) is 54.4 Å². The minimum Gasteiger partial charge on any atom is -0.367 e. The van der Waals surface area contributed by atoms with Gasteiger partial charge in [-0.1, -0.05) is 29.8 Å². The van der Waals surface area contributed by atoms with Gasteiger partial charge >= 0.3 is 11.8 Å². The minimum atomic E-state index is -0.753. The summed E-state index contributed by atoms with van der Waals surface area (Å²) < 4.78 is 14.2. The SMILES string of the molecule is O=C(NC[C@@H](c1cccnc1)N1CCN(c2ccccc2F)CC1)C(=O)Nc1ccc(Cl)cc1. The number of carbonyl (C=O) groups is 2. The first kappa shape index (κ1) is 23.7. The Kier molecular flexibility index (Phi) is 7.72. The van der Waals surface area contributed by atoms with Gasteiger partial charge in [0.05, 0.1) is 11.7 Å². The van der Waals surface area contributed by atoms with Gasteiger partial charge < -0.3 is 15.5 Å². The van der Waals surface area contributed by atoms with Gasteiger partial charge in [0, 0.05) is 55.8 Å². The third kappa shape index (κ3) is 5.89. The Hall–Kier alpha value is -3.49. The molecule has 2 aromatic carbocycles. The molecule has 2 N–H and O–H groups in total. The molecule has 7 nitrogen and oxygen atoms in total. The average Bonchev–Trinajstić information content (AvgIpc) is 2.87. The Labute approximate surface area is 202 Å². The highest BCUT2D eigenvalue weighted by atomic mass is 35.5. The molecule has 1 aliphatic heterocycles. The zero-order valence-electron chi connectivity index (χ0n) is 18.5. The van der Waals surface area contributed by atoms with Crippen molar-refractivity contribution in [2.45, 2.75) is 6.04 Å². The van der Waals surface area contributed by atoms with E-state index in [4.69, 9.17) is 11.6 Å². The van der Waals surface area contributed by atoms with Gasteiger partial charge in [-0.25, -0.2) is 4.39 Å². The van der Waals surface area contributed by atoms with Crippen molar-refractivity contribution < 1.29 is 14.0 Å². The minimum absolute atomic E-state index is 0.177. The maximum Gasteiger partial charge on any atom is 0.313 e. The summed E-state index contributed by atoms with van der Waals surface area (Å²) in [6, 6.07) is 16.9. The van der Waals surface area contributed by atoms with E-state index in [9.17, 15) is 14.0 Å². The molecule has 3 aromatic rings. The second-order valence-corrected chi connectivity index (χ2v) is 8.38. The Morgan fingerprint density at radius 1 is 0.971 bits per heavy atom. The van der Waals surface area contributed by atoms with Crippen LogP contribution in [0.3, 0.4) is 0 Å². The number of hydrogen-bond donors (Lipinski definition) is 2. The molecule has 1 saturated heterocycles. The lowest BCUT2D eigenvalue weighted by Crippen LogP contribution is -2.50. The fourth-order valence-electron chi connectivity index (χ4n) is 4.00. The maximum absolute atomic E-state index is 14.2. The fourth-order valence-corrected chi connectivity index (χ4v) is 4.13. The van der Waals surface area contributed by atoms with Gasteiger partial charge in [-0.15, -0.1) is 0 Å². The number of anilines is 2. The summed E-state index contributed by atoms with van der Waals surface area (Å²) in [6.07, 6.45) is 3.45. The van der Waals surface area contributed by atoms with Crippen LogP contribution in [0.15, 0.2) is 73.1 Å².